The molecule has 3 rings (SSSR count). The molecule has 1 aliphatic heterocycles. The Kier molecular flexibility index (Phi) is 3.70. The van der Waals surface area contributed by atoms with Gasteiger partial charge in [-0.25, -0.2) is 0 Å². The molecule has 21 heavy (non-hydrogen) atoms. The first-order valence-electron chi connectivity index (χ1n) is 6.35. The zero-order valence-corrected chi connectivity index (χ0v) is 12.6. The molecule has 6 heteroatoms. The van der Waals surface area contributed by atoms with Crippen LogP contribution in [0.2, 0.25) is 0 Å². The fourth-order valence-corrected chi connectivity index (χ4v) is 2.38. The highest BCUT2D eigenvalue weighted by Crippen LogP contribution is 2.32. The number of nitrogen functional groups attached to an aromatic ring is 1. The van der Waals surface area contributed by atoms with E-state index in [0.29, 0.717) is 28.0 Å². The number of hydrogen-bond acceptors (Lipinski definition) is 4. The minimum Gasteiger partial charge on any atom is -0.454 e. The Balaban J connectivity index is 1.67. The highest BCUT2D eigenvalue weighted by molar-refractivity contribution is 9.10. The highest BCUT2D eigenvalue weighted by Gasteiger charge is 2.13. The van der Waals surface area contributed by atoms with Crippen LogP contribution < -0.4 is 20.5 Å². The summed E-state index contributed by atoms with van der Waals surface area (Å²) < 4.78 is 11.3. The lowest BCUT2D eigenvalue weighted by molar-refractivity contribution is 0.0951. The first-order valence-corrected chi connectivity index (χ1v) is 7.14. The van der Waals surface area contributed by atoms with Crippen molar-refractivity contribution in [3.63, 3.8) is 0 Å². The van der Waals surface area contributed by atoms with Crippen LogP contribution in [0.4, 0.5) is 5.69 Å². The van der Waals surface area contributed by atoms with Gasteiger partial charge in [-0.05, 0) is 51.8 Å². The minimum absolute atomic E-state index is 0.159. The Bertz CT molecular complexity index is 703. The van der Waals surface area contributed by atoms with E-state index in [1.807, 2.05) is 18.2 Å². The number of halogens is 1. The van der Waals surface area contributed by atoms with Crippen molar-refractivity contribution in [1.82, 2.24) is 5.32 Å². The Morgan fingerprint density at radius 2 is 2.00 bits per heavy atom. The molecule has 0 atom stereocenters. The molecule has 1 amide bonds. The van der Waals surface area contributed by atoms with Crippen molar-refractivity contribution in [2.75, 3.05) is 12.5 Å². The van der Waals surface area contributed by atoms with Crippen molar-refractivity contribution in [2.45, 2.75) is 6.54 Å². The number of hydrogen-bond donors (Lipinski definition) is 2. The molecular weight excluding hydrogens is 336 g/mol. The average molecular weight is 349 g/mol. The molecule has 0 fully saturated rings. The first-order chi connectivity index (χ1) is 10.1. The van der Waals surface area contributed by atoms with E-state index in [9.17, 15) is 4.79 Å². The summed E-state index contributed by atoms with van der Waals surface area (Å²) in [7, 11) is 0. The van der Waals surface area contributed by atoms with E-state index in [4.69, 9.17) is 15.2 Å². The minimum atomic E-state index is -0.159. The molecule has 0 unspecified atom stereocenters. The monoisotopic (exact) mass is 348 g/mol. The number of nitrogens with two attached hydrogens (primary N) is 1. The smallest absolute Gasteiger partial charge is 0.251 e. The number of anilines is 1. The predicted molar refractivity (Wildman–Crippen MR) is 82.3 cm³/mol. The molecule has 0 bridgehead atoms. The van der Waals surface area contributed by atoms with Gasteiger partial charge >= 0.3 is 0 Å². The van der Waals surface area contributed by atoms with Gasteiger partial charge in [0.25, 0.3) is 5.91 Å². The van der Waals surface area contributed by atoms with Gasteiger partial charge in [0.2, 0.25) is 6.79 Å². The molecule has 0 saturated heterocycles. The molecule has 108 valence electrons. The molecule has 3 N–H and O–H groups in total. The highest BCUT2D eigenvalue weighted by atomic mass is 79.9. The lowest BCUT2D eigenvalue weighted by Crippen LogP contribution is -2.22. The fourth-order valence-electron chi connectivity index (χ4n) is 2.00. The predicted octanol–water partition coefficient (Wildman–Crippen LogP) is 2.69. The maximum atomic E-state index is 12.1. The van der Waals surface area contributed by atoms with Crippen molar-refractivity contribution in [1.29, 1.82) is 0 Å². The standard InChI is InChI=1S/C15H13BrN2O3/c16-11-6-10(2-3-12(11)17)15(19)18-7-9-1-4-13-14(5-9)21-8-20-13/h1-6H,7-8,17H2,(H,18,19). The first kappa shape index (κ1) is 13.8. The maximum Gasteiger partial charge on any atom is 0.251 e. The lowest BCUT2D eigenvalue weighted by Gasteiger charge is -2.07. The number of carbonyl (C=O) groups excluding carboxylic acids is 1. The van der Waals surface area contributed by atoms with E-state index in [1.165, 1.54) is 0 Å². The summed E-state index contributed by atoms with van der Waals surface area (Å²) in [6, 6.07) is 10.7. The summed E-state index contributed by atoms with van der Waals surface area (Å²) >= 11 is 3.31. The van der Waals surface area contributed by atoms with Crippen LogP contribution >= 0.6 is 15.9 Å². The molecule has 1 heterocycles. The molecule has 0 saturated carbocycles. The van der Waals surface area contributed by atoms with Crippen molar-refractivity contribution in [3.05, 3.63) is 52.0 Å². The van der Waals surface area contributed by atoms with E-state index < -0.39 is 0 Å². The molecule has 2 aromatic carbocycles. The van der Waals surface area contributed by atoms with Gasteiger partial charge in [0, 0.05) is 22.3 Å². The van der Waals surface area contributed by atoms with Crippen LogP contribution in [0.5, 0.6) is 11.5 Å². The topological polar surface area (TPSA) is 73.6 Å². The molecule has 0 aliphatic carbocycles. The second kappa shape index (κ2) is 5.65. The fraction of sp³-hybridized carbons (Fsp3) is 0.133. The number of carbonyl (C=O) groups is 1. The van der Waals surface area contributed by atoms with Crippen LogP contribution in [0.15, 0.2) is 40.9 Å². The average Bonchev–Trinajstić information content (AvgIpc) is 2.95. The largest absolute Gasteiger partial charge is 0.454 e. The van der Waals surface area contributed by atoms with Crippen molar-refractivity contribution in [3.8, 4) is 11.5 Å². The van der Waals surface area contributed by atoms with Gasteiger partial charge in [-0.3, -0.25) is 4.79 Å². The summed E-state index contributed by atoms with van der Waals surface area (Å²) in [5, 5.41) is 2.86. The number of fused-ring (bicyclic) bond motifs is 1. The van der Waals surface area contributed by atoms with Crippen LogP contribution in [-0.4, -0.2) is 12.7 Å². The second-order valence-corrected chi connectivity index (χ2v) is 5.46. The Hall–Kier alpha value is -2.21. The Labute approximate surface area is 130 Å². The summed E-state index contributed by atoms with van der Waals surface area (Å²) in [4.78, 5) is 12.1. The van der Waals surface area contributed by atoms with E-state index in [-0.39, 0.29) is 12.7 Å². The van der Waals surface area contributed by atoms with Gasteiger partial charge < -0.3 is 20.5 Å². The van der Waals surface area contributed by atoms with Crippen LogP contribution in [0.1, 0.15) is 15.9 Å². The summed E-state index contributed by atoms with van der Waals surface area (Å²) in [6.07, 6.45) is 0. The number of ether oxygens (including phenoxy) is 2. The molecule has 0 aromatic heterocycles. The zero-order valence-electron chi connectivity index (χ0n) is 11.1. The summed E-state index contributed by atoms with van der Waals surface area (Å²) in [5.41, 5.74) is 7.80. The van der Waals surface area contributed by atoms with Gasteiger partial charge in [-0.2, -0.15) is 0 Å². The molecule has 2 aromatic rings. The van der Waals surface area contributed by atoms with Crippen molar-refractivity contribution in [2.24, 2.45) is 0 Å². The van der Waals surface area contributed by atoms with E-state index >= 15 is 0 Å². The quantitative estimate of drug-likeness (QED) is 0.836. The van der Waals surface area contributed by atoms with Gasteiger partial charge in [0.1, 0.15) is 0 Å². The summed E-state index contributed by atoms with van der Waals surface area (Å²) in [6.45, 7) is 0.655. The molecule has 5 nitrogen and oxygen atoms in total. The SMILES string of the molecule is Nc1ccc(C(=O)NCc2ccc3c(c2)OCO3)cc1Br. The van der Waals surface area contributed by atoms with Crippen LogP contribution in [-0.2, 0) is 6.54 Å². The Morgan fingerprint density at radius 3 is 2.81 bits per heavy atom. The third-order valence-corrected chi connectivity index (χ3v) is 3.84. The maximum absolute atomic E-state index is 12.1. The van der Waals surface area contributed by atoms with Crippen LogP contribution in [0, 0.1) is 0 Å². The van der Waals surface area contributed by atoms with Crippen LogP contribution in [0.3, 0.4) is 0 Å². The third kappa shape index (κ3) is 2.95. The normalized spacial score (nSPS) is 12.2. The van der Waals surface area contributed by atoms with Crippen molar-refractivity contribution >= 4 is 27.5 Å². The van der Waals surface area contributed by atoms with Gasteiger partial charge in [0.15, 0.2) is 11.5 Å². The third-order valence-electron chi connectivity index (χ3n) is 3.15. The van der Waals surface area contributed by atoms with Crippen LogP contribution in [0.25, 0.3) is 0 Å². The number of amides is 1. The second-order valence-electron chi connectivity index (χ2n) is 4.61. The van der Waals surface area contributed by atoms with E-state index in [0.717, 1.165) is 11.3 Å². The van der Waals surface area contributed by atoms with Crippen molar-refractivity contribution < 1.29 is 14.3 Å². The molecule has 1 aliphatic rings. The number of benzene rings is 2. The molecule has 0 radical (unpaired) electrons. The lowest BCUT2D eigenvalue weighted by atomic mass is 10.1. The van der Waals surface area contributed by atoms with Gasteiger partial charge in [-0.15, -0.1) is 0 Å². The zero-order chi connectivity index (χ0) is 14.8. The Morgan fingerprint density at radius 1 is 1.19 bits per heavy atom. The molecule has 0 spiro atoms. The molecular formula is C15H13BrN2O3. The number of rotatable bonds is 3. The van der Waals surface area contributed by atoms with Gasteiger partial charge in [-0.1, -0.05) is 6.07 Å². The number of nitrogens with one attached hydrogen (secondary N) is 1. The van der Waals surface area contributed by atoms with Gasteiger partial charge in [0.05, 0.1) is 0 Å². The summed E-state index contributed by atoms with van der Waals surface area (Å²) in [5.74, 6) is 1.28. The van der Waals surface area contributed by atoms with E-state index in [1.54, 1.807) is 18.2 Å². The van der Waals surface area contributed by atoms with E-state index in [2.05, 4.69) is 21.2 Å².